The number of nitrogens with zero attached hydrogens (tertiary/aromatic N) is 5. The minimum atomic E-state index is -4.67. The van der Waals surface area contributed by atoms with Gasteiger partial charge >= 0.3 is 12.4 Å². The molecule has 3 aromatic rings. The van der Waals surface area contributed by atoms with Gasteiger partial charge in [-0.1, -0.05) is 0 Å². The smallest absolute Gasteiger partial charge is 0.346 e. The summed E-state index contributed by atoms with van der Waals surface area (Å²) < 4.78 is 79.3. The number of hydrogen-bond donors (Lipinski definition) is 1. The van der Waals surface area contributed by atoms with Crippen LogP contribution in [0, 0.1) is 0 Å². The maximum atomic E-state index is 12.9. The van der Waals surface area contributed by atoms with E-state index in [1.54, 1.807) is 10.7 Å². The van der Waals surface area contributed by atoms with E-state index in [-0.39, 0.29) is 17.8 Å². The van der Waals surface area contributed by atoms with Crippen LogP contribution in [0.3, 0.4) is 0 Å². The van der Waals surface area contributed by atoms with Crippen LogP contribution in [0.5, 0.6) is 0 Å². The summed E-state index contributed by atoms with van der Waals surface area (Å²) in [5.41, 5.74) is -1.19. The van der Waals surface area contributed by atoms with Crippen LogP contribution in [0.15, 0.2) is 30.5 Å². The lowest BCUT2D eigenvalue weighted by atomic mass is 10.1. The van der Waals surface area contributed by atoms with Crippen LogP contribution in [-0.2, 0) is 32.4 Å². The van der Waals surface area contributed by atoms with Crippen molar-refractivity contribution in [1.29, 1.82) is 0 Å². The van der Waals surface area contributed by atoms with Crippen molar-refractivity contribution >= 4 is 5.91 Å². The Labute approximate surface area is 170 Å². The van der Waals surface area contributed by atoms with E-state index in [2.05, 4.69) is 20.5 Å². The van der Waals surface area contributed by atoms with Crippen molar-refractivity contribution in [3.05, 3.63) is 53.2 Å². The minimum absolute atomic E-state index is 0.224. The fraction of sp³-hybridized carbons (Fsp3) is 0.333. The molecule has 1 amide bonds. The van der Waals surface area contributed by atoms with Crippen LogP contribution in [0.4, 0.5) is 26.3 Å². The van der Waals surface area contributed by atoms with Crippen molar-refractivity contribution in [2.24, 2.45) is 7.05 Å². The molecule has 1 aliphatic rings. The predicted molar refractivity (Wildman–Crippen MR) is 93.6 cm³/mol. The Morgan fingerprint density at radius 3 is 2.39 bits per heavy atom. The third kappa shape index (κ3) is 4.11. The van der Waals surface area contributed by atoms with Gasteiger partial charge in [-0.3, -0.25) is 19.1 Å². The van der Waals surface area contributed by atoms with Crippen LogP contribution in [0.2, 0.25) is 0 Å². The van der Waals surface area contributed by atoms with Gasteiger partial charge in [-0.15, -0.1) is 0 Å². The second-order valence-electron chi connectivity index (χ2n) is 7.04. The predicted octanol–water partition coefficient (Wildman–Crippen LogP) is 3.07. The number of aryl methyl sites for hydroxylation is 1. The first-order chi connectivity index (χ1) is 14.4. The number of nitrogens with one attached hydrogen (secondary N) is 1. The first-order valence-electron chi connectivity index (χ1n) is 8.94. The maximum Gasteiger partial charge on any atom is 0.435 e. The lowest BCUT2D eigenvalue weighted by Gasteiger charge is -2.12. The zero-order chi connectivity index (χ0) is 22.6. The average molecular weight is 444 g/mol. The maximum absolute atomic E-state index is 12.9. The number of hydrogen-bond acceptors (Lipinski definition) is 4. The summed E-state index contributed by atoms with van der Waals surface area (Å²) in [6.45, 7) is 0.224. The molecule has 31 heavy (non-hydrogen) atoms. The number of halogens is 6. The van der Waals surface area contributed by atoms with Gasteiger partial charge in [0.15, 0.2) is 5.69 Å². The molecule has 0 spiro atoms. The molecule has 0 bridgehead atoms. The van der Waals surface area contributed by atoms with E-state index in [1.807, 2.05) is 0 Å². The fourth-order valence-electron chi connectivity index (χ4n) is 3.36. The van der Waals surface area contributed by atoms with E-state index < -0.39 is 35.7 Å². The second-order valence-corrected chi connectivity index (χ2v) is 7.04. The van der Waals surface area contributed by atoms with Gasteiger partial charge in [-0.05, 0) is 18.2 Å². The van der Waals surface area contributed by atoms with Gasteiger partial charge in [0.05, 0.1) is 18.3 Å². The third-order valence-corrected chi connectivity index (χ3v) is 4.80. The summed E-state index contributed by atoms with van der Waals surface area (Å²) in [5.74, 6) is -0.717. The standard InChI is InChI=1S/C18H14F6N6O/c1-29-13(7-15(28-29)18(22,23)24)16(31)26-10-5-11-6-12(27-30(11)8-10)9-2-3-25-14(4-9)17(19,20)21/h2-4,6-7,10H,5,8H2,1H3,(H,26,31). The molecule has 1 unspecified atom stereocenters. The highest BCUT2D eigenvalue weighted by Crippen LogP contribution is 2.31. The molecule has 0 aromatic carbocycles. The molecule has 3 aromatic heterocycles. The largest absolute Gasteiger partial charge is 0.435 e. The molecular weight excluding hydrogens is 430 g/mol. The molecule has 0 aliphatic carbocycles. The molecule has 1 aliphatic heterocycles. The zero-order valence-corrected chi connectivity index (χ0v) is 15.8. The first-order valence-corrected chi connectivity index (χ1v) is 8.94. The van der Waals surface area contributed by atoms with E-state index in [0.717, 1.165) is 16.9 Å². The molecule has 1 N–H and O–H groups in total. The van der Waals surface area contributed by atoms with Crippen molar-refractivity contribution in [3.8, 4) is 11.3 Å². The van der Waals surface area contributed by atoms with Crippen LogP contribution in [0.25, 0.3) is 11.3 Å². The monoisotopic (exact) mass is 444 g/mol. The molecule has 4 rings (SSSR count). The normalized spacial score (nSPS) is 16.4. The van der Waals surface area contributed by atoms with E-state index >= 15 is 0 Å². The van der Waals surface area contributed by atoms with Crippen molar-refractivity contribution in [3.63, 3.8) is 0 Å². The number of aromatic nitrogens is 5. The SMILES string of the molecule is Cn1nc(C(F)(F)F)cc1C(=O)NC1Cc2cc(-c3ccnc(C(F)(F)F)c3)nn2C1. The highest BCUT2D eigenvalue weighted by atomic mass is 19.4. The Balaban J connectivity index is 1.46. The van der Waals surface area contributed by atoms with Gasteiger partial charge in [0.2, 0.25) is 0 Å². The Bertz CT molecular complexity index is 1120. The van der Waals surface area contributed by atoms with Crippen molar-refractivity contribution in [2.45, 2.75) is 31.4 Å². The lowest BCUT2D eigenvalue weighted by Crippen LogP contribution is -2.37. The van der Waals surface area contributed by atoms with Gasteiger partial charge in [-0.25, -0.2) is 0 Å². The van der Waals surface area contributed by atoms with Crippen molar-refractivity contribution in [1.82, 2.24) is 29.9 Å². The van der Waals surface area contributed by atoms with Crippen LogP contribution in [-0.4, -0.2) is 36.5 Å². The Morgan fingerprint density at radius 2 is 1.77 bits per heavy atom. The Morgan fingerprint density at radius 1 is 1.06 bits per heavy atom. The van der Waals surface area contributed by atoms with Crippen LogP contribution < -0.4 is 5.32 Å². The Kier molecular flexibility index (Phi) is 4.78. The number of carbonyl (C=O) groups is 1. The average Bonchev–Trinajstić information content (AvgIpc) is 3.33. The number of carbonyl (C=O) groups excluding carboxylic acids is 1. The number of amides is 1. The van der Waals surface area contributed by atoms with Gasteiger partial charge in [0.1, 0.15) is 11.4 Å². The molecule has 1 atom stereocenters. The summed E-state index contributed by atoms with van der Waals surface area (Å²) in [4.78, 5) is 15.7. The number of pyridine rings is 1. The zero-order valence-electron chi connectivity index (χ0n) is 15.8. The Hall–Kier alpha value is -3.38. The molecule has 4 heterocycles. The molecule has 7 nitrogen and oxygen atoms in total. The van der Waals surface area contributed by atoms with E-state index in [9.17, 15) is 31.1 Å². The fourth-order valence-corrected chi connectivity index (χ4v) is 3.36. The minimum Gasteiger partial charge on any atom is -0.346 e. The number of alkyl halides is 6. The second kappa shape index (κ2) is 7.10. The molecule has 13 heteroatoms. The van der Waals surface area contributed by atoms with E-state index in [4.69, 9.17) is 0 Å². The summed E-state index contributed by atoms with van der Waals surface area (Å²) in [6.07, 6.45) is -7.87. The van der Waals surface area contributed by atoms with Gasteiger partial charge < -0.3 is 5.32 Å². The summed E-state index contributed by atoms with van der Waals surface area (Å²) in [6, 6.07) is 4.15. The van der Waals surface area contributed by atoms with Crippen molar-refractivity contribution < 1.29 is 31.1 Å². The quantitative estimate of drug-likeness (QED) is 0.630. The van der Waals surface area contributed by atoms with Gasteiger partial charge in [-0.2, -0.15) is 36.5 Å². The highest BCUT2D eigenvalue weighted by Gasteiger charge is 2.36. The molecule has 164 valence electrons. The molecule has 0 saturated carbocycles. The lowest BCUT2D eigenvalue weighted by molar-refractivity contribution is -0.142. The van der Waals surface area contributed by atoms with E-state index in [1.165, 1.54) is 13.1 Å². The summed E-state index contributed by atoms with van der Waals surface area (Å²) >= 11 is 0. The summed E-state index contributed by atoms with van der Waals surface area (Å²) in [7, 11) is 1.24. The summed E-state index contributed by atoms with van der Waals surface area (Å²) in [5, 5.41) is 10.2. The van der Waals surface area contributed by atoms with Crippen LogP contribution >= 0.6 is 0 Å². The van der Waals surface area contributed by atoms with Crippen molar-refractivity contribution in [2.75, 3.05) is 0 Å². The number of rotatable bonds is 3. The highest BCUT2D eigenvalue weighted by molar-refractivity contribution is 5.93. The van der Waals surface area contributed by atoms with Gasteiger partial charge in [0, 0.05) is 37.0 Å². The first kappa shape index (κ1) is 20.9. The third-order valence-electron chi connectivity index (χ3n) is 4.80. The molecule has 0 saturated heterocycles. The molecular formula is C18H14F6N6O. The van der Waals surface area contributed by atoms with E-state index in [0.29, 0.717) is 23.9 Å². The molecule has 0 radical (unpaired) electrons. The molecule has 0 fully saturated rings. The van der Waals surface area contributed by atoms with Gasteiger partial charge in [0.25, 0.3) is 5.91 Å². The topological polar surface area (TPSA) is 77.6 Å². The number of fused-ring (bicyclic) bond motifs is 1. The van der Waals surface area contributed by atoms with Crippen LogP contribution in [0.1, 0.15) is 27.6 Å².